The van der Waals surface area contributed by atoms with Crippen molar-refractivity contribution < 1.29 is 20.1 Å². The Bertz CT molecular complexity index is 2030. The topological polar surface area (TPSA) is 12.9 Å². The van der Waals surface area contributed by atoms with E-state index < -0.39 is 7.92 Å². The molecule has 0 saturated heterocycles. The Labute approximate surface area is 332 Å². The molecule has 0 spiro atoms. The summed E-state index contributed by atoms with van der Waals surface area (Å²) in [7, 11) is -0.0669. The Morgan fingerprint density at radius 2 is 0.925 bits per heavy atom. The molecule has 263 valence electrons. The first-order chi connectivity index (χ1) is 25.8. The molecule has 53 heavy (non-hydrogen) atoms. The van der Waals surface area contributed by atoms with Gasteiger partial charge in [-0.05, 0) is 47.1 Å². The maximum absolute atomic E-state index is 4.65. The van der Waals surface area contributed by atoms with Gasteiger partial charge in [-0.3, -0.25) is 0 Å². The summed E-state index contributed by atoms with van der Waals surface area (Å²) in [5.74, 6) is 0. The zero-order valence-corrected chi connectivity index (χ0v) is 33.7. The Morgan fingerprint density at radius 3 is 1.42 bits per heavy atom. The average Bonchev–Trinajstić information content (AvgIpc) is 3.25. The molecule has 4 heteroatoms. The molecule has 8 aromatic rings. The molecule has 0 saturated carbocycles. The van der Waals surface area contributed by atoms with Crippen LogP contribution >= 0.6 is 16.5 Å². The zero-order valence-electron chi connectivity index (χ0n) is 29.3. The standard InChI is InChI=1S/C26H23P2.C17H11N.C6H5.Ir/c1-4-13-24(14-5-1)27-20-22-11-10-12-23(19-22)21-28(25-15-6-2-7-16-25)26-17-8-3-9-18-26;1-3-8-14(9-4-1)16-12-7-13-17(18-16)15-10-5-2-6-11-15;1-2-4-6-5-3-1;/h1-18,27H,20-21H2;1-8,10,12-13H;1-5H;/q-1;-2;-1;/p+1. The van der Waals surface area contributed by atoms with E-state index in [-0.39, 0.29) is 20.1 Å². The van der Waals surface area contributed by atoms with Gasteiger partial charge in [-0.2, -0.15) is 66.2 Å². The van der Waals surface area contributed by atoms with Gasteiger partial charge in [-0.25, -0.2) is 0 Å². The number of nitrogens with zero attached hydrogens (tertiary/aromatic N) is 1. The number of pyridine rings is 1. The van der Waals surface area contributed by atoms with E-state index in [1.165, 1.54) is 27.0 Å². The first-order valence-corrected chi connectivity index (χ1v) is 20.3. The van der Waals surface area contributed by atoms with Gasteiger partial charge < -0.3 is 4.98 Å². The van der Waals surface area contributed by atoms with Gasteiger partial charge in [0.2, 0.25) is 0 Å². The van der Waals surface area contributed by atoms with Crippen LogP contribution in [0.4, 0.5) is 0 Å². The second-order valence-corrected chi connectivity index (χ2v) is 15.6. The van der Waals surface area contributed by atoms with Crippen molar-refractivity contribution in [2.24, 2.45) is 0 Å². The quantitative estimate of drug-likeness (QED) is 0.104. The number of aromatic nitrogens is 1. The van der Waals surface area contributed by atoms with Crippen molar-refractivity contribution in [1.82, 2.24) is 4.98 Å². The summed E-state index contributed by atoms with van der Waals surface area (Å²) in [5, 5.41) is 4.34. The van der Waals surface area contributed by atoms with Gasteiger partial charge in [-0.1, -0.05) is 93.5 Å². The molecule has 0 aliphatic carbocycles. The smallest absolute Gasteiger partial charge is 0.0969 e. The molecular formula is C49H40IrNP2-3. The molecule has 0 N–H and O–H groups in total. The van der Waals surface area contributed by atoms with Crippen LogP contribution in [0.3, 0.4) is 0 Å². The minimum absolute atomic E-state index is 0. The second kappa shape index (κ2) is 22.3. The molecule has 1 atom stereocenters. The van der Waals surface area contributed by atoms with Crippen LogP contribution in [-0.2, 0) is 32.4 Å². The number of benzene rings is 7. The maximum atomic E-state index is 4.65. The minimum atomic E-state index is -0.864. The summed E-state index contributed by atoms with van der Waals surface area (Å²) < 4.78 is 0. The molecule has 0 aliphatic heterocycles. The molecule has 0 aliphatic rings. The largest absolute Gasteiger partial charge is 0.345 e. The molecule has 1 radical (unpaired) electrons. The van der Waals surface area contributed by atoms with Crippen LogP contribution in [0.1, 0.15) is 11.1 Å². The van der Waals surface area contributed by atoms with Crippen LogP contribution in [0.25, 0.3) is 22.5 Å². The Morgan fingerprint density at radius 1 is 0.453 bits per heavy atom. The van der Waals surface area contributed by atoms with Crippen molar-refractivity contribution in [1.29, 1.82) is 0 Å². The third-order valence-electron chi connectivity index (χ3n) is 8.11. The van der Waals surface area contributed by atoms with E-state index in [4.69, 9.17) is 0 Å². The fourth-order valence-corrected chi connectivity index (χ4v) is 9.10. The SMILES string of the molecule is [Ir].[c-]1c(CPc2ccccc2)cccc1C[PH+](c1ccccc1)c1ccccc1.[c-]1ccccc1.[c-]1ccccc1-c1cccc(-c2[c-]cccc2)n1. The Hall–Kier alpha value is -4.80. The summed E-state index contributed by atoms with van der Waals surface area (Å²) in [6.07, 6.45) is 2.14. The monoisotopic (exact) mass is 897 g/mol. The molecular weight excluding hydrogens is 857 g/mol. The summed E-state index contributed by atoms with van der Waals surface area (Å²) >= 11 is 0. The van der Waals surface area contributed by atoms with Crippen LogP contribution in [0, 0.1) is 24.3 Å². The van der Waals surface area contributed by atoms with E-state index in [1.54, 1.807) is 0 Å². The molecule has 1 unspecified atom stereocenters. The predicted octanol–water partition coefficient (Wildman–Crippen LogP) is 10.9. The number of hydrogen-bond acceptors (Lipinski definition) is 1. The van der Waals surface area contributed by atoms with Crippen LogP contribution < -0.4 is 15.9 Å². The van der Waals surface area contributed by atoms with Gasteiger partial charge in [-0.15, -0.1) is 77.4 Å². The number of rotatable bonds is 9. The molecule has 0 amide bonds. The fourth-order valence-electron chi connectivity index (χ4n) is 5.55. The minimum Gasteiger partial charge on any atom is -0.345 e. The van der Waals surface area contributed by atoms with Gasteiger partial charge in [0.25, 0.3) is 0 Å². The van der Waals surface area contributed by atoms with Gasteiger partial charge in [0.05, 0.1) is 24.7 Å². The van der Waals surface area contributed by atoms with Crippen molar-refractivity contribution in [2.45, 2.75) is 12.3 Å². The van der Waals surface area contributed by atoms with Gasteiger partial charge in [0, 0.05) is 20.1 Å². The second-order valence-electron chi connectivity index (χ2n) is 11.8. The first-order valence-electron chi connectivity index (χ1n) is 17.4. The van der Waals surface area contributed by atoms with Crippen molar-refractivity contribution in [3.8, 4) is 22.5 Å². The van der Waals surface area contributed by atoms with E-state index in [2.05, 4.69) is 138 Å². The van der Waals surface area contributed by atoms with Crippen LogP contribution in [-0.4, -0.2) is 4.98 Å². The third kappa shape index (κ3) is 13.0. The molecule has 0 bridgehead atoms. The Balaban J connectivity index is 0.000000184. The summed E-state index contributed by atoms with van der Waals surface area (Å²) in [5.41, 5.74) is 6.54. The molecule has 7 aromatic carbocycles. The molecule has 1 aromatic heterocycles. The molecule has 0 fully saturated rings. The van der Waals surface area contributed by atoms with Crippen molar-refractivity contribution in [2.75, 3.05) is 0 Å². The van der Waals surface area contributed by atoms with Crippen LogP contribution in [0.5, 0.6) is 0 Å². The summed E-state index contributed by atoms with van der Waals surface area (Å²) in [6, 6.07) is 83.7. The maximum Gasteiger partial charge on any atom is 0.0969 e. The van der Waals surface area contributed by atoms with Crippen molar-refractivity contribution in [3.05, 3.63) is 242 Å². The molecule has 1 nitrogen and oxygen atoms in total. The predicted molar refractivity (Wildman–Crippen MR) is 226 cm³/mol. The molecule has 8 rings (SSSR count). The first kappa shape index (κ1) is 39.4. The number of hydrogen-bond donors (Lipinski definition) is 0. The normalized spacial score (nSPS) is 10.4. The van der Waals surface area contributed by atoms with Crippen molar-refractivity contribution >= 4 is 32.4 Å². The fraction of sp³-hybridized carbons (Fsp3) is 0.0408. The van der Waals surface area contributed by atoms with Crippen molar-refractivity contribution in [3.63, 3.8) is 0 Å². The van der Waals surface area contributed by atoms with E-state index in [1.807, 2.05) is 97.1 Å². The van der Waals surface area contributed by atoms with Crippen LogP contribution in [0.2, 0.25) is 0 Å². The van der Waals surface area contributed by atoms with E-state index in [9.17, 15) is 0 Å². The zero-order chi connectivity index (χ0) is 35.5. The average molecular weight is 897 g/mol. The molecule has 1 heterocycles. The summed E-state index contributed by atoms with van der Waals surface area (Å²) in [4.78, 5) is 4.65. The van der Waals surface area contributed by atoms with E-state index in [0.29, 0.717) is 0 Å². The Kier molecular flexibility index (Phi) is 16.6. The van der Waals surface area contributed by atoms with E-state index in [0.717, 1.165) is 43.4 Å². The third-order valence-corrected chi connectivity index (χ3v) is 12.2. The van der Waals surface area contributed by atoms with Gasteiger partial charge >= 0.3 is 0 Å². The van der Waals surface area contributed by atoms with Gasteiger partial charge in [0.15, 0.2) is 0 Å². The van der Waals surface area contributed by atoms with Gasteiger partial charge in [0.1, 0.15) is 0 Å². The summed E-state index contributed by atoms with van der Waals surface area (Å²) in [6.45, 7) is 0. The van der Waals surface area contributed by atoms with Crippen LogP contribution in [0.15, 0.2) is 206 Å². The van der Waals surface area contributed by atoms with E-state index >= 15 is 0 Å².